The van der Waals surface area contributed by atoms with E-state index in [1.54, 1.807) is 6.07 Å². The average molecular weight is 340 g/mol. The van der Waals surface area contributed by atoms with Crippen molar-refractivity contribution in [3.8, 4) is 5.69 Å². The Hall–Kier alpha value is -1.22. The third-order valence-corrected chi connectivity index (χ3v) is 4.00. The summed E-state index contributed by atoms with van der Waals surface area (Å²) < 4.78 is 2.03. The van der Waals surface area contributed by atoms with E-state index in [0.29, 0.717) is 10.0 Å². The SMILES string of the molecule is Cc1cccc2nc(C(C)Cl)n(-c3cc(Cl)cc(Cl)c3)c12. The summed E-state index contributed by atoms with van der Waals surface area (Å²) in [5.74, 6) is 0.777. The normalized spacial score (nSPS) is 12.8. The summed E-state index contributed by atoms with van der Waals surface area (Å²) in [6.45, 7) is 3.95. The van der Waals surface area contributed by atoms with Crippen molar-refractivity contribution in [2.45, 2.75) is 19.2 Å². The summed E-state index contributed by atoms with van der Waals surface area (Å²) in [6.07, 6.45) is 0. The van der Waals surface area contributed by atoms with Crippen molar-refractivity contribution in [3.63, 3.8) is 0 Å². The number of aromatic nitrogens is 2. The van der Waals surface area contributed by atoms with Crippen LogP contribution in [-0.4, -0.2) is 9.55 Å². The van der Waals surface area contributed by atoms with Crippen molar-refractivity contribution in [3.05, 3.63) is 57.8 Å². The van der Waals surface area contributed by atoms with Crippen LogP contribution in [0.15, 0.2) is 36.4 Å². The number of imidazole rings is 1. The molecule has 1 atom stereocenters. The average Bonchev–Trinajstić information content (AvgIpc) is 2.78. The van der Waals surface area contributed by atoms with Gasteiger partial charge < -0.3 is 0 Å². The second-order valence-corrected chi connectivity index (χ2v) is 6.52. The van der Waals surface area contributed by atoms with Gasteiger partial charge in [-0.3, -0.25) is 4.57 Å². The molecule has 0 saturated carbocycles. The van der Waals surface area contributed by atoms with Gasteiger partial charge in [-0.1, -0.05) is 35.3 Å². The number of para-hydroxylation sites is 1. The number of hydrogen-bond donors (Lipinski definition) is 0. The Balaban J connectivity index is 2.41. The fourth-order valence-corrected chi connectivity index (χ4v) is 3.17. The number of hydrogen-bond acceptors (Lipinski definition) is 1. The maximum Gasteiger partial charge on any atom is 0.132 e. The lowest BCUT2D eigenvalue weighted by molar-refractivity contribution is 0.881. The Morgan fingerprint density at radius 3 is 2.38 bits per heavy atom. The van der Waals surface area contributed by atoms with Gasteiger partial charge in [0.1, 0.15) is 5.82 Å². The first-order valence-corrected chi connectivity index (χ1v) is 7.75. The quantitative estimate of drug-likeness (QED) is 0.528. The molecule has 3 aromatic rings. The van der Waals surface area contributed by atoms with Gasteiger partial charge >= 0.3 is 0 Å². The van der Waals surface area contributed by atoms with Gasteiger partial charge in [0.15, 0.2) is 0 Å². The van der Waals surface area contributed by atoms with Gasteiger partial charge in [-0.2, -0.15) is 0 Å². The molecule has 21 heavy (non-hydrogen) atoms. The Morgan fingerprint density at radius 1 is 1.10 bits per heavy atom. The molecule has 3 rings (SSSR count). The van der Waals surface area contributed by atoms with Gasteiger partial charge in [0.05, 0.1) is 22.1 Å². The molecule has 0 aliphatic heterocycles. The van der Waals surface area contributed by atoms with E-state index >= 15 is 0 Å². The molecule has 0 spiro atoms. The van der Waals surface area contributed by atoms with Crippen LogP contribution in [0.3, 0.4) is 0 Å². The van der Waals surface area contributed by atoms with Gasteiger partial charge in [0.25, 0.3) is 0 Å². The van der Waals surface area contributed by atoms with Crippen LogP contribution < -0.4 is 0 Å². The van der Waals surface area contributed by atoms with Crippen LogP contribution in [0, 0.1) is 6.92 Å². The maximum atomic E-state index is 6.31. The van der Waals surface area contributed by atoms with Crippen LogP contribution in [0.2, 0.25) is 10.0 Å². The number of halogens is 3. The number of benzene rings is 2. The molecule has 0 bridgehead atoms. The highest BCUT2D eigenvalue weighted by Crippen LogP contribution is 2.32. The molecule has 1 aromatic heterocycles. The summed E-state index contributed by atoms with van der Waals surface area (Å²) in [5.41, 5.74) is 3.93. The first kappa shape index (κ1) is 14.7. The van der Waals surface area contributed by atoms with E-state index in [4.69, 9.17) is 34.8 Å². The van der Waals surface area contributed by atoms with Crippen molar-refractivity contribution < 1.29 is 0 Å². The lowest BCUT2D eigenvalue weighted by Crippen LogP contribution is -2.02. The molecule has 0 amide bonds. The molecule has 0 saturated heterocycles. The predicted octanol–water partition coefficient (Wildman–Crippen LogP) is 5.94. The second-order valence-electron chi connectivity index (χ2n) is 4.99. The summed E-state index contributed by atoms with van der Waals surface area (Å²) in [7, 11) is 0. The minimum absolute atomic E-state index is 0.227. The van der Waals surface area contributed by atoms with E-state index < -0.39 is 0 Å². The lowest BCUT2D eigenvalue weighted by atomic mass is 10.2. The largest absolute Gasteiger partial charge is 0.295 e. The van der Waals surface area contributed by atoms with Crippen LogP contribution in [-0.2, 0) is 0 Å². The van der Waals surface area contributed by atoms with E-state index in [1.165, 1.54) is 0 Å². The van der Waals surface area contributed by atoms with Crippen molar-refractivity contribution in [1.29, 1.82) is 0 Å². The molecule has 5 heteroatoms. The fraction of sp³-hybridized carbons (Fsp3) is 0.188. The molecule has 0 N–H and O–H groups in total. The van der Waals surface area contributed by atoms with E-state index in [9.17, 15) is 0 Å². The molecular formula is C16H13Cl3N2. The Kier molecular flexibility index (Phi) is 3.87. The van der Waals surface area contributed by atoms with Crippen molar-refractivity contribution in [1.82, 2.24) is 9.55 Å². The number of aryl methyl sites for hydroxylation is 1. The zero-order valence-electron chi connectivity index (χ0n) is 11.6. The first-order valence-electron chi connectivity index (χ1n) is 6.56. The Morgan fingerprint density at radius 2 is 1.76 bits per heavy atom. The second kappa shape index (κ2) is 5.53. The molecule has 1 heterocycles. The first-order chi connectivity index (χ1) is 9.97. The molecule has 1 unspecified atom stereocenters. The third-order valence-electron chi connectivity index (χ3n) is 3.37. The van der Waals surface area contributed by atoms with Crippen LogP contribution in [0.4, 0.5) is 0 Å². The Labute approximate surface area is 138 Å². The Bertz CT molecular complexity index is 801. The zero-order valence-corrected chi connectivity index (χ0v) is 13.8. The molecule has 2 aromatic carbocycles. The number of alkyl halides is 1. The highest BCUT2D eigenvalue weighted by Gasteiger charge is 2.18. The molecule has 0 radical (unpaired) electrons. The van der Waals surface area contributed by atoms with Gasteiger partial charge in [-0.25, -0.2) is 4.98 Å². The van der Waals surface area contributed by atoms with Crippen LogP contribution >= 0.6 is 34.8 Å². The summed E-state index contributed by atoms with van der Waals surface area (Å²) in [4.78, 5) is 4.65. The van der Waals surface area contributed by atoms with Crippen molar-refractivity contribution >= 4 is 45.8 Å². The monoisotopic (exact) mass is 338 g/mol. The van der Waals surface area contributed by atoms with Crippen LogP contribution in [0.5, 0.6) is 0 Å². The molecule has 0 aliphatic carbocycles. The van der Waals surface area contributed by atoms with Crippen molar-refractivity contribution in [2.75, 3.05) is 0 Å². The minimum atomic E-state index is -0.227. The molecule has 0 aliphatic rings. The lowest BCUT2D eigenvalue weighted by Gasteiger charge is -2.12. The smallest absolute Gasteiger partial charge is 0.132 e. The highest BCUT2D eigenvalue weighted by atomic mass is 35.5. The highest BCUT2D eigenvalue weighted by molar-refractivity contribution is 6.34. The standard InChI is InChI=1S/C16H13Cl3N2/c1-9-4-3-5-14-15(9)21(16(20-14)10(2)17)13-7-11(18)6-12(19)8-13/h3-8,10H,1-2H3. The molecule has 2 nitrogen and oxygen atoms in total. The van der Waals surface area contributed by atoms with E-state index in [2.05, 4.69) is 18.0 Å². The van der Waals surface area contributed by atoms with Gasteiger partial charge in [0.2, 0.25) is 0 Å². The van der Waals surface area contributed by atoms with Crippen molar-refractivity contribution in [2.24, 2.45) is 0 Å². The minimum Gasteiger partial charge on any atom is -0.295 e. The van der Waals surface area contributed by atoms with Crippen LogP contribution in [0.1, 0.15) is 23.7 Å². The molecular weight excluding hydrogens is 327 g/mol. The van der Waals surface area contributed by atoms with Gasteiger partial charge in [-0.15, -0.1) is 11.6 Å². The maximum absolute atomic E-state index is 6.31. The summed E-state index contributed by atoms with van der Waals surface area (Å²) in [5, 5.41) is 0.941. The predicted molar refractivity (Wildman–Crippen MR) is 90.1 cm³/mol. The van der Waals surface area contributed by atoms with Gasteiger partial charge in [0, 0.05) is 10.0 Å². The number of nitrogens with zero attached hydrogens (tertiary/aromatic N) is 2. The van der Waals surface area contributed by atoms with Crippen LogP contribution in [0.25, 0.3) is 16.7 Å². The molecule has 0 fully saturated rings. The number of rotatable bonds is 2. The molecule has 108 valence electrons. The fourth-order valence-electron chi connectivity index (χ4n) is 2.51. The summed E-state index contributed by atoms with van der Waals surface area (Å²) >= 11 is 18.6. The topological polar surface area (TPSA) is 17.8 Å². The number of fused-ring (bicyclic) bond motifs is 1. The summed E-state index contributed by atoms with van der Waals surface area (Å²) in [6, 6.07) is 11.5. The van der Waals surface area contributed by atoms with E-state index in [0.717, 1.165) is 28.1 Å². The van der Waals surface area contributed by atoms with E-state index in [1.807, 2.05) is 35.8 Å². The zero-order chi connectivity index (χ0) is 15.1. The van der Waals surface area contributed by atoms with Gasteiger partial charge in [-0.05, 0) is 43.7 Å². The third kappa shape index (κ3) is 2.64. The van der Waals surface area contributed by atoms with E-state index in [-0.39, 0.29) is 5.38 Å².